The Morgan fingerprint density at radius 3 is 2.83 bits per heavy atom. The summed E-state index contributed by atoms with van der Waals surface area (Å²) in [6, 6.07) is 10.1. The number of aliphatic hydroxyl groups excluding tert-OH is 1. The first-order chi connectivity index (χ1) is 14.0. The van der Waals surface area contributed by atoms with Gasteiger partial charge in [-0.3, -0.25) is 9.89 Å². The molecule has 0 bridgehead atoms. The van der Waals surface area contributed by atoms with E-state index in [-0.39, 0.29) is 24.8 Å². The molecule has 0 spiro atoms. The maximum absolute atomic E-state index is 13.0. The van der Waals surface area contributed by atoms with E-state index in [1.807, 2.05) is 24.3 Å². The highest BCUT2D eigenvalue weighted by molar-refractivity contribution is 6.31. The highest BCUT2D eigenvalue weighted by Crippen LogP contribution is 2.45. The van der Waals surface area contributed by atoms with E-state index in [1.165, 1.54) is 0 Å². The number of H-pyrrole nitrogens is 1. The highest BCUT2D eigenvalue weighted by atomic mass is 35.5. The van der Waals surface area contributed by atoms with E-state index in [1.54, 1.807) is 31.1 Å². The first-order valence-electron chi connectivity index (χ1n) is 9.09. The lowest BCUT2D eigenvalue weighted by atomic mass is 9.95. The number of aromatic nitrogens is 2. The fourth-order valence-electron chi connectivity index (χ4n) is 3.75. The van der Waals surface area contributed by atoms with Crippen molar-refractivity contribution in [2.24, 2.45) is 0 Å². The van der Waals surface area contributed by atoms with Gasteiger partial charge in [-0.1, -0.05) is 23.7 Å². The molecule has 8 heteroatoms. The number of fused-ring (bicyclic) bond motifs is 1. The van der Waals surface area contributed by atoms with Gasteiger partial charge in [0.2, 0.25) is 0 Å². The molecule has 1 aliphatic rings. The van der Waals surface area contributed by atoms with Gasteiger partial charge in [0.25, 0.3) is 5.91 Å². The number of nitrogens with zero attached hydrogens (tertiary/aromatic N) is 2. The van der Waals surface area contributed by atoms with Crippen molar-refractivity contribution in [2.45, 2.75) is 13.0 Å². The number of ether oxygens (including phenoxy) is 1. The largest absolute Gasteiger partial charge is 0.507 e. The summed E-state index contributed by atoms with van der Waals surface area (Å²) in [6.45, 7) is 1.77. The molecule has 0 fully saturated rings. The van der Waals surface area contributed by atoms with Crippen LogP contribution in [0.25, 0.3) is 11.3 Å². The van der Waals surface area contributed by atoms with Crippen molar-refractivity contribution in [3.63, 3.8) is 0 Å². The van der Waals surface area contributed by atoms with Gasteiger partial charge >= 0.3 is 0 Å². The van der Waals surface area contributed by atoms with Crippen molar-refractivity contribution in [2.75, 3.05) is 20.3 Å². The summed E-state index contributed by atoms with van der Waals surface area (Å²) in [5, 5.41) is 27.7. The molecule has 29 heavy (non-hydrogen) atoms. The maximum atomic E-state index is 13.0. The minimum absolute atomic E-state index is 0.0265. The Kier molecular flexibility index (Phi) is 4.94. The maximum Gasteiger partial charge on any atom is 0.273 e. The van der Waals surface area contributed by atoms with Gasteiger partial charge in [0.15, 0.2) is 0 Å². The predicted molar refractivity (Wildman–Crippen MR) is 108 cm³/mol. The van der Waals surface area contributed by atoms with Gasteiger partial charge in [0, 0.05) is 22.7 Å². The van der Waals surface area contributed by atoms with E-state index in [0.29, 0.717) is 33.3 Å². The van der Waals surface area contributed by atoms with Crippen LogP contribution in [0.3, 0.4) is 0 Å². The van der Waals surface area contributed by atoms with Gasteiger partial charge in [-0.2, -0.15) is 5.10 Å². The number of rotatable bonds is 5. The molecule has 1 atom stereocenters. The SMILES string of the molecule is COc1cccc([C@@H]2c3c(-c4cc(Cl)c(C)cc4O)n[nH]c3C(=O)N2CCO)c1. The van der Waals surface area contributed by atoms with Crippen molar-refractivity contribution < 1.29 is 19.7 Å². The van der Waals surface area contributed by atoms with Gasteiger partial charge in [0.05, 0.1) is 19.8 Å². The van der Waals surface area contributed by atoms with E-state index in [2.05, 4.69) is 10.2 Å². The van der Waals surface area contributed by atoms with Crippen molar-refractivity contribution in [1.82, 2.24) is 15.1 Å². The summed E-state index contributed by atoms with van der Waals surface area (Å²) >= 11 is 6.28. The summed E-state index contributed by atoms with van der Waals surface area (Å²) in [6.07, 6.45) is 0. The molecule has 1 amide bonds. The molecule has 0 saturated heterocycles. The molecule has 1 aromatic heterocycles. The molecule has 4 rings (SSSR count). The minimum atomic E-state index is -0.493. The van der Waals surface area contributed by atoms with E-state index >= 15 is 0 Å². The zero-order chi connectivity index (χ0) is 20.7. The average molecular weight is 414 g/mol. The van der Waals surface area contributed by atoms with E-state index < -0.39 is 6.04 Å². The van der Waals surface area contributed by atoms with Crippen LogP contribution >= 0.6 is 11.6 Å². The Balaban J connectivity index is 1.93. The lowest BCUT2D eigenvalue weighted by molar-refractivity contribution is 0.0706. The van der Waals surface area contributed by atoms with E-state index in [4.69, 9.17) is 16.3 Å². The fraction of sp³-hybridized carbons (Fsp3) is 0.238. The van der Waals surface area contributed by atoms with Crippen LogP contribution in [0.4, 0.5) is 0 Å². The van der Waals surface area contributed by atoms with Crippen LogP contribution in [0.5, 0.6) is 11.5 Å². The van der Waals surface area contributed by atoms with E-state index in [0.717, 1.165) is 11.1 Å². The zero-order valence-electron chi connectivity index (χ0n) is 15.9. The number of phenolic OH excluding ortho intramolecular Hbond substituents is 1. The summed E-state index contributed by atoms with van der Waals surface area (Å²) in [5.41, 5.74) is 3.39. The van der Waals surface area contributed by atoms with Gasteiger partial charge in [0.1, 0.15) is 22.9 Å². The Bertz CT molecular complexity index is 1100. The predicted octanol–water partition coefficient (Wildman–Crippen LogP) is 3.29. The number of amides is 1. The number of nitrogens with one attached hydrogen (secondary N) is 1. The van der Waals surface area contributed by atoms with Crippen molar-refractivity contribution >= 4 is 17.5 Å². The van der Waals surface area contributed by atoms with Crippen LogP contribution in [0.1, 0.15) is 33.2 Å². The molecule has 3 aromatic rings. The third-order valence-corrected chi connectivity index (χ3v) is 5.55. The molecule has 3 N–H and O–H groups in total. The van der Waals surface area contributed by atoms with Gasteiger partial charge in [-0.15, -0.1) is 0 Å². The average Bonchev–Trinajstić information content (AvgIpc) is 3.25. The van der Waals surface area contributed by atoms with E-state index in [9.17, 15) is 15.0 Å². The topological polar surface area (TPSA) is 98.7 Å². The molecule has 2 heterocycles. The summed E-state index contributed by atoms with van der Waals surface area (Å²) < 4.78 is 5.34. The second-order valence-electron chi connectivity index (χ2n) is 6.88. The number of carbonyl (C=O) groups is 1. The molecular weight excluding hydrogens is 394 g/mol. The van der Waals surface area contributed by atoms with Crippen LogP contribution in [0.15, 0.2) is 36.4 Å². The van der Waals surface area contributed by atoms with Crippen LogP contribution < -0.4 is 4.74 Å². The quantitative estimate of drug-likeness (QED) is 0.596. The van der Waals surface area contributed by atoms with Gasteiger partial charge in [-0.25, -0.2) is 0 Å². The highest BCUT2D eigenvalue weighted by Gasteiger charge is 2.42. The standard InChI is InChI=1S/C21H20ClN3O4/c1-11-8-16(27)14(10-15(11)22)18-17-19(24-23-18)21(28)25(6-7-26)20(17)12-4-3-5-13(9-12)29-2/h3-5,8-10,20,26-27H,6-7H2,1-2H3,(H,23,24)/t20-/m1/s1. The van der Waals surface area contributed by atoms with Gasteiger partial charge in [-0.05, 0) is 42.3 Å². The molecule has 0 aliphatic carbocycles. The molecule has 1 aliphatic heterocycles. The lowest BCUT2D eigenvalue weighted by Gasteiger charge is -2.26. The first kappa shape index (κ1) is 19.3. The normalized spacial score (nSPS) is 15.7. The number of phenols is 1. The number of hydrogen-bond donors (Lipinski definition) is 3. The first-order valence-corrected chi connectivity index (χ1v) is 9.47. The van der Waals surface area contributed by atoms with Crippen LogP contribution in [0, 0.1) is 6.92 Å². The number of aryl methyl sites for hydroxylation is 1. The zero-order valence-corrected chi connectivity index (χ0v) is 16.7. The third kappa shape index (κ3) is 3.12. The Labute approximate surface area is 172 Å². The number of aromatic amines is 1. The number of methoxy groups -OCH3 is 1. The molecular formula is C21H20ClN3O4. The smallest absolute Gasteiger partial charge is 0.273 e. The molecule has 2 aromatic carbocycles. The molecule has 0 unspecified atom stereocenters. The number of hydrogen-bond acceptors (Lipinski definition) is 5. The Morgan fingerprint density at radius 1 is 1.31 bits per heavy atom. The summed E-state index contributed by atoms with van der Waals surface area (Å²) in [7, 11) is 1.57. The number of halogens is 1. The molecule has 0 radical (unpaired) electrons. The Hall–Kier alpha value is -3.03. The van der Waals surface area contributed by atoms with Crippen LogP contribution in [-0.2, 0) is 0 Å². The number of carbonyl (C=O) groups excluding carboxylic acids is 1. The fourth-order valence-corrected chi connectivity index (χ4v) is 3.92. The van der Waals surface area contributed by atoms with Crippen LogP contribution in [-0.4, -0.2) is 51.5 Å². The third-order valence-electron chi connectivity index (χ3n) is 5.15. The van der Waals surface area contributed by atoms with Crippen molar-refractivity contribution in [3.8, 4) is 22.8 Å². The molecule has 0 saturated carbocycles. The monoisotopic (exact) mass is 413 g/mol. The minimum Gasteiger partial charge on any atom is -0.507 e. The Morgan fingerprint density at radius 2 is 2.10 bits per heavy atom. The number of aliphatic hydroxyl groups is 1. The van der Waals surface area contributed by atoms with Crippen molar-refractivity contribution in [1.29, 1.82) is 0 Å². The molecule has 7 nitrogen and oxygen atoms in total. The number of aromatic hydroxyl groups is 1. The van der Waals surface area contributed by atoms with Crippen LogP contribution in [0.2, 0.25) is 5.02 Å². The van der Waals surface area contributed by atoms with Crippen molar-refractivity contribution in [3.05, 3.63) is 63.8 Å². The second kappa shape index (κ2) is 7.42. The summed E-state index contributed by atoms with van der Waals surface area (Å²) in [5.74, 6) is 0.413. The number of β-amino-alcohol motifs (C(OH)–C–C–N with tert-alkyl or cyclic N) is 1. The lowest BCUT2D eigenvalue weighted by Crippen LogP contribution is -2.32. The second-order valence-corrected chi connectivity index (χ2v) is 7.29. The summed E-state index contributed by atoms with van der Waals surface area (Å²) in [4.78, 5) is 14.6. The van der Waals surface area contributed by atoms with Gasteiger partial charge < -0.3 is 19.8 Å². The molecule has 150 valence electrons. The number of benzene rings is 2.